The third-order valence-electron chi connectivity index (χ3n) is 5.04. The predicted molar refractivity (Wildman–Crippen MR) is 109 cm³/mol. The van der Waals surface area contributed by atoms with E-state index in [-0.39, 0.29) is 5.91 Å². The normalized spacial score (nSPS) is 14.2. The van der Waals surface area contributed by atoms with Crippen LogP contribution in [-0.2, 0) is 11.2 Å². The first-order valence-electron chi connectivity index (χ1n) is 9.83. The second-order valence-electron chi connectivity index (χ2n) is 7.56. The summed E-state index contributed by atoms with van der Waals surface area (Å²) in [5.74, 6) is 2.31. The van der Waals surface area contributed by atoms with Gasteiger partial charge in [-0.25, -0.2) is 9.97 Å². The number of hydrogen-bond donors (Lipinski definition) is 0. The van der Waals surface area contributed by atoms with Crippen molar-refractivity contribution in [2.75, 3.05) is 31.1 Å². The fourth-order valence-corrected chi connectivity index (χ4v) is 3.33. The minimum Gasteiger partial charge on any atom is -0.353 e. The van der Waals surface area contributed by atoms with Gasteiger partial charge in [-0.1, -0.05) is 26.0 Å². The Labute approximate surface area is 166 Å². The molecule has 2 aromatic rings. The highest BCUT2D eigenvalue weighted by Crippen LogP contribution is 2.19. The lowest BCUT2D eigenvalue weighted by atomic mass is 10.1. The summed E-state index contributed by atoms with van der Waals surface area (Å²) in [4.78, 5) is 26.0. The zero-order valence-corrected chi connectivity index (χ0v) is 16.9. The maximum Gasteiger partial charge on any atom is 0.223 e. The third kappa shape index (κ3) is 4.86. The number of rotatable bonds is 5. The smallest absolute Gasteiger partial charge is 0.223 e. The number of piperazine rings is 1. The monoisotopic (exact) mass is 377 g/mol. The second kappa shape index (κ2) is 8.83. The highest BCUT2D eigenvalue weighted by Gasteiger charge is 2.22. The Balaban J connectivity index is 1.53. The van der Waals surface area contributed by atoms with Gasteiger partial charge >= 0.3 is 0 Å². The van der Waals surface area contributed by atoms with Crippen molar-refractivity contribution in [3.8, 4) is 6.07 Å². The fraction of sp³-hybridized carbons (Fsp3) is 0.455. The summed E-state index contributed by atoms with van der Waals surface area (Å²) in [6.45, 7) is 9.21. The molecule has 2 heterocycles. The van der Waals surface area contributed by atoms with Crippen molar-refractivity contribution < 1.29 is 4.79 Å². The van der Waals surface area contributed by atoms with Crippen molar-refractivity contribution in [3.63, 3.8) is 0 Å². The fourth-order valence-electron chi connectivity index (χ4n) is 3.33. The third-order valence-corrected chi connectivity index (χ3v) is 5.04. The van der Waals surface area contributed by atoms with E-state index in [2.05, 4.69) is 29.8 Å². The van der Waals surface area contributed by atoms with Crippen LogP contribution in [0.1, 0.15) is 48.8 Å². The maximum atomic E-state index is 12.6. The summed E-state index contributed by atoms with van der Waals surface area (Å²) in [5.41, 5.74) is 2.71. The van der Waals surface area contributed by atoms with E-state index >= 15 is 0 Å². The van der Waals surface area contributed by atoms with Crippen LogP contribution in [0.5, 0.6) is 0 Å². The van der Waals surface area contributed by atoms with Gasteiger partial charge in [0.1, 0.15) is 11.6 Å². The molecule has 0 N–H and O–H groups in total. The van der Waals surface area contributed by atoms with E-state index < -0.39 is 0 Å². The topological polar surface area (TPSA) is 73.1 Å². The molecule has 0 aliphatic carbocycles. The van der Waals surface area contributed by atoms with E-state index in [0.717, 1.165) is 36.0 Å². The van der Waals surface area contributed by atoms with Gasteiger partial charge in [-0.15, -0.1) is 0 Å². The minimum atomic E-state index is 0.186. The Hall–Kier alpha value is -2.94. The molecule has 1 aliphatic rings. The van der Waals surface area contributed by atoms with Crippen LogP contribution >= 0.6 is 0 Å². The average molecular weight is 377 g/mol. The Bertz CT molecular complexity index is 861. The van der Waals surface area contributed by atoms with Crippen LogP contribution in [-0.4, -0.2) is 47.0 Å². The van der Waals surface area contributed by atoms with Crippen LogP contribution in [0.4, 0.5) is 5.82 Å². The first-order valence-corrected chi connectivity index (χ1v) is 9.83. The lowest BCUT2D eigenvalue weighted by Gasteiger charge is -2.35. The number of nitriles is 1. The van der Waals surface area contributed by atoms with Crippen molar-refractivity contribution in [1.82, 2.24) is 14.9 Å². The van der Waals surface area contributed by atoms with Crippen molar-refractivity contribution in [1.29, 1.82) is 5.26 Å². The Morgan fingerprint density at radius 1 is 1.14 bits per heavy atom. The van der Waals surface area contributed by atoms with Gasteiger partial charge in [0.05, 0.1) is 11.6 Å². The Morgan fingerprint density at radius 2 is 1.82 bits per heavy atom. The quantitative estimate of drug-likeness (QED) is 0.801. The average Bonchev–Trinajstić information content (AvgIpc) is 2.72. The number of benzene rings is 1. The first kappa shape index (κ1) is 19.8. The minimum absolute atomic E-state index is 0.186. The molecule has 1 saturated heterocycles. The molecule has 1 aromatic heterocycles. The summed E-state index contributed by atoms with van der Waals surface area (Å²) in [6.07, 6.45) is 1.20. The molecular weight excluding hydrogens is 350 g/mol. The van der Waals surface area contributed by atoms with Gasteiger partial charge < -0.3 is 9.80 Å². The molecule has 1 aromatic carbocycles. The van der Waals surface area contributed by atoms with Crippen LogP contribution < -0.4 is 4.90 Å². The molecule has 0 saturated carbocycles. The van der Waals surface area contributed by atoms with E-state index in [1.165, 1.54) is 0 Å². The molecule has 28 heavy (non-hydrogen) atoms. The number of anilines is 1. The zero-order valence-electron chi connectivity index (χ0n) is 16.9. The molecule has 146 valence electrons. The van der Waals surface area contributed by atoms with E-state index in [1.54, 1.807) is 12.1 Å². The summed E-state index contributed by atoms with van der Waals surface area (Å²) in [7, 11) is 0. The molecule has 0 atom stereocenters. The van der Waals surface area contributed by atoms with Gasteiger partial charge in [0.25, 0.3) is 0 Å². The van der Waals surface area contributed by atoms with Crippen LogP contribution in [0, 0.1) is 18.3 Å². The SMILES string of the molecule is Cc1cc(N2CCN(C(=O)CCc3ccc(C#N)cc3)CC2)nc(C(C)C)n1. The largest absolute Gasteiger partial charge is 0.353 e. The van der Waals surface area contributed by atoms with Gasteiger partial charge in [0, 0.05) is 50.3 Å². The molecule has 1 fully saturated rings. The highest BCUT2D eigenvalue weighted by molar-refractivity contribution is 5.76. The number of carbonyl (C=O) groups excluding carboxylic acids is 1. The summed E-state index contributed by atoms with van der Waals surface area (Å²) in [6, 6.07) is 11.6. The molecule has 6 nitrogen and oxygen atoms in total. The van der Waals surface area contributed by atoms with Crippen LogP contribution in [0.15, 0.2) is 30.3 Å². The molecule has 6 heteroatoms. The van der Waals surface area contributed by atoms with E-state index in [1.807, 2.05) is 30.0 Å². The standard InChI is InChI=1S/C22H27N5O/c1-16(2)22-24-17(3)14-20(25-22)26-10-12-27(13-11-26)21(28)9-8-18-4-6-19(15-23)7-5-18/h4-7,14,16H,8-13H2,1-3H3. The van der Waals surface area contributed by atoms with E-state index in [4.69, 9.17) is 10.2 Å². The first-order chi connectivity index (χ1) is 13.5. The number of aromatic nitrogens is 2. The molecule has 0 spiro atoms. The van der Waals surface area contributed by atoms with Crippen molar-refractivity contribution in [2.24, 2.45) is 0 Å². The Morgan fingerprint density at radius 3 is 2.43 bits per heavy atom. The zero-order chi connectivity index (χ0) is 20.1. The second-order valence-corrected chi connectivity index (χ2v) is 7.56. The Kier molecular flexibility index (Phi) is 6.25. The number of amides is 1. The summed E-state index contributed by atoms with van der Waals surface area (Å²) < 4.78 is 0. The summed E-state index contributed by atoms with van der Waals surface area (Å²) >= 11 is 0. The van der Waals surface area contributed by atoms with Crippen molar-refractivity contribution in [3.05, 3.63) is 53.0 Å². The molecular formula is C22H27N5O. The van der Waals surface area contributed by atoms with Gasteiger partial charge in [0.15, 0.2) is 0 Å². The predicted octanol–water partition coefficient (Wildman–Crippen LogP) is 3.06. The van der Waals surface area contributed by atoms with Gasteiger partial charge in [-0.05, 0) is 31.0 Å². The lowest BCUT2D eigenvalue weighted by Crippen LogP contribution is -2.49. The van der Waals surface area contributed by atoms with E-state index in [0.29, 0.717) is 37.4 Å². The number of nitrogens with zero attached hydrogens (tertiary/aromatic N) is 5. The van der Waals surface area contributed by atoms with E-state index in [9.17, 15) is 4.79 Å². The molecule has 3 rings (SSSR count). The van der Waals surface area contributed by atoms with Crippen LogP contribution in [0.3, 0.4) is 0 Å². The molecule has 1 aliphatic heterocycles. The van der Waals surface area contributed by atoms with Gasteiger partial charge in [-0.3, -0.25) is 4.79 Å². The summed E-state index contributed by atoms with van der Waals surface area (Å²) in [5, 5.41) is 8.86. The maximum absolute atomic E-state index is 12.6. The lowest BCUT2D eigenvalue weighted by molar-refractivity contribution is -0.131. The number of aryl methyl sites for hydroxylation is 2. The molecule has 0 unspecified atom stereocenters. The van der Waals surface area contributed by atoms with Gasteiger partial charge in [0.2, 0.25) is 5.91 Å². The van der Waals surface area contributed by atoms with Crippen LogP contribution in [0.25, 0.3) is 0 Å². The molecule has 0 radical (unpaired) electrons. The van der Waals surface area contributed by atoms with Crippen LogP contribution in [0.2, 0.25) is 0 Å². The highest BCUT2D eigenvalue weighted by atomic mass is 16.2. The van der Waals surface area contributed by atoms with Crippen molar-refractivity contribution in [2.45, 2.75) is 39.5 Å². The molecule has 1 amide bonds. The van der Waals surface area contributed by atoms with Gasteiger partial charge in [-0.2, -0.15) is 5.26 Å². The van der Waals surface area contributed by atoms with Crippen molar-refractivity contribution >= 4 is 11.7 Å². The molecule has 0 bridgehead atoms. The number of carbonyl (C=O) groups is 1. The number of hydrogen-bond acceptors (Lipinski definition) is 5.